The van der Waals surface area contributed by atoms with E-state index < -0.39 is 17.9 Å². The monoisotopic (exact) mass is 267 g/mol. The summed E-state index contributed by atoms with van der Waals surface area (Å²) in [7, 11) is 0. The molecular weight excluding hydrogens is 249 g/mol. The summed E-state index contributed by atoms with van der Waals surface area (Å²) in [6, 6.07) is 9.31. The molecule has 0 saturated carbocycles. The van der Waals surface area contributed by atoms with E-state index in [-0.39, 0.29) is 26.1 Å². The third kappa shape index (κ3) is 3.23. The largest absolute Gasteiger partial charge is 0.445 e. The molecule has 1 heterocycles. The van der Waals surface area contributed by atoms with Crippen LogP contribution in [0.15, 0.2) is 30.3 Å². The number of alkyl halides is 1. The van der Waals surface area contributed by atoms with Gasteiger partial charge in [-0.05, 0) is 12.5 Å². The van der Waals surface area contributed by atoms with Crippen molar-refractivity contribution < 1.29 is 19.0 Å². The molecular formula is C14H18FNO3. The van der Waals surface area contributed by atoms with Crippen LogP contribution in [0.25, 0.3) is 0 Å². The van der Waals surface area contributed by atoms with Crippen LogP contribution in [0.2, 0.25) is 0 Å². The Labute approximate surface area is 111 Å². The highest BCUT2D eigenvalue weighted by Crippen LogP contribution is 2.29. The van der Waals surface area contributed by atoms with Gasteiger partial charge in [0.05, 0.1) is 12.6 Å². The van der Waals surface area contributed by atoms with Crippen LogP contribution in [0, 0.1) is 0 Å². The number of hydrogen-bond acceptors (Lipinski definition) is 3. The second-order valence-corrected chi connectivity index (χ2v) is 4.92. The maximum absolute atomic E-state index is 14.1. The molecule has 2 atom stereocenters. The van der Waals surface area contributed by atoms with E-state index in [1.807, 2.05) is 30.3 Å². The number of benzene rings is 1. The highest BCUT2D eigenvalue weighted by molar-refractivity contribution is 5.68. The minimum atomic E-state index is -1.72. The topological polar surface area (TPSA) is 49.8 Å². The van der Waals surface area contributed by atoms with Gasteiger partial charge in [-0.3, -0.25) is 0 Å². The quantitative estimate of drug-likeness (QED) is 0.912. The van der Waals surface area contributed by atoms with Crippen molar-refractivity contribution in [1.82, 2.24) is 4.90 Å². The number of carbonyl (C=O) groups is 1. The first-order chi connectivity index (χ1) is 9.01. The van der Waals surface area contributed by atoms with Crippen LogP contribution in [0.1, 0.15) is 18.9 Å². The van der Waals surface area contributed by atoms with Gasteiger partial charge in [0.25, 0.3) is 0 Å². The third-order valence-electron chi connectivity index (χ3n) is 3.46. The van der Waals surface area contributed by atoms with Crippen molar-refractivity contribution in [3.63, 3.8) is 0 Å². The number of hydrogen-bond donors (Lipinski definition) is 1. The Hall–Kier alpha value is -1.62. The second kappa shape index (κ2) is 5.57. The predicted octanol–water partition coefficient (Wildman–Crippen LogP) is 2.12. The third-order valence-corrected chi connectivity index (χ3v) is 3.46. The van der Waals surface area contributed by atoms with Crippen molar-refractivity contribution in [1.29, 1.82) is 0 Å². The fraction of sp³-hybridized carbons (Fsp3) is 0.500. The SMILES string of the molecule is CC(O)C1(F)CCN(C(=O)OCc2ccccc2)C1. The molecule has 0 aliphatic carbocycles. The lowest BCUT2D eigenvalue weighted by Gasteiger charge is -2.23. The Morgan fingerprint density at radius 2 is 2.21 bits per heavy atom. The number of rotatable bonds is 3. The Balaban J connectivity index is 1.85. The molecule has 1 aromatic rings. The van der Waals surface area contributed by atoms with E-state index in [9.17, 15) is 14.3 Å². The Morgan fingerprint density at radius 1 is 1.53 bits per heavy atom. The molecule has 0 bridgehead atoms. The minimum Gasteiger partial charge on any atom is -0.445 e. The number of carbonyl (C=O) groups excluding carboxylic acids is 1. The minimum absolute atomic E-state index is 0.113. The molecule has 4 nitrogen and oxygen atoms in total. The molecule has 104 valence electrons. The van der Waals surface area contributed by atoms with Crippen LogP contribution >= 0.6 is 0 Å². The summed E-state index contributed by atoms with van der Waals surface area (Å²) >= 11 is 0. The van der Waals surface area contributed by atoms with Crippen LogP contribution in [0.4, 0.5) is 9.18 Å². The first kappa shape index (κ1) is 13.8. The van der Waals surface area contributed by atoms with E-state index in [2.05, 4.69) is 0 Å². The number of nitrogens with zero attached hydrogens (tertiary/aromatic N) is 1. The van der Waals surface area contributed by atoms with E-state index in [1.54, 1.807) is 0 Å². The van der Waals surface area contributed by atoms with Gasteiger partial charge in [0, 0.05) is 13.0 Å². The number of ether oxygens (including phenoxy) is 1. The number of aliphatic hydroxyl groups excluding tert-OH is 1. The van der Waals surface area contributed by atoms with Gasteiger partial charge in [-0.1, -0.05) is 30.3 Å². The summed E-state index contributed by atoms with van der Waals surface area (Å²) in [6.45, 7) is 1.73. The molecule has 5 heteroatoms. The zero-order chi connectivity index (χ0) is 13.9. The smallest absolute Gasteiger partial charge is 0.410 e. The van der Waals surface area contributed by atoms with Crippen LogP contribution < -0.4 is 0 Å². The van der Waals surface area contributed by atoms with Gasteiger partial charge in [-0.15, -0.1) is 0 Å². The maximum Gasteiger partial charge on any atom is 0.410 e. The van der Waals surface area contributed by atoms with Gasteiger partial charge in [-0.2, -0.15) is 0 Å². The molecule has 0 aromatic heterocycles. The first-order valence-corrected chi connectivity index (χ1v) is 6.34. The summed E-state index contributed by atoms with van der Waals surface area (Å²) < 4.78 is 19.2. The van der Waals surface area contributed by atoms with Crippen molar-refractivity contribution >= 4 is 6.09 Å². The molecule has 1 aliphatic heterocycles. The lowest BCUT2D eigenvalue weighted by molar-refractivity contribution is 0.00904. The van der Waals surface area contributed by atoms with Crippen molar-refractivity contribution in [2.75, 3.05) is 13.1 Å². The lowest BCUT2D eigenvalue weighted by Crippen LogP contribution is -2.40. The predicted molar refractivity (Wildman–Crippen MR) is 68.3 cm³/mol. The van der Waals surface area contributed by atoms with Gasteiger partial charge < -0.3 is 14.7 Å². The fourth-order valence-corrected chi connectivity index (χ4v) is 2.10. The molecule has 1 amide bonds. The van der Waals surface area contributed by atoms with E-state index >= 15 is 0 Å². The number of halogens is 1. The fourth-order valence-electron chi connectivity index (χ4n) is 2.10. The highest BCUT2D eigenvalue weighted by atomic mass is 19.1. The lowest BCUT2D eigenvalue weighted by atomic mass is 10.00. The van der Waals surface area contributed by atoms with Crippen molar-refractivity contribution in [3.05, 3.63) is 35.9 Å². The van der Waals surface area contributed by atoms with Gasteiger partial charge in [0.1, 0.15) is 6.61 Å². The van der Waals surface area contributed by atoms with Crippen LogP contribution in [0.3, 0.4) is 0 Å². The molecule has 1 saturated heterocycles. The number of aliphatic hydroxyl groups is 1. The maximum atomic E-state index is 14.1. The molecule has 2 unspecified atom stereocenters. The van der Waals surface area contributed by atoms with Crippen molar-refractivity contribution in [2.24, 2.45) is 0 Å². The molecule has 1 N–H and O–H groups in total. The average molecular weight is 267 g/mol. The van der Waals surface area contributed by atoms with E-state index in [1.165, 1.54) is 11.8 Å². The molecule has 2 rings (SSSR count). The normalized spacial score (nSPS) is 24.3. The molecule has 1 aliphatic rings. The van der Waals surface area contributed by atoms with E-state index in [0.717, 1.165) is 5.56 Å². The molecule has 0 radical (unpaired) electrons. The molecule has 19 heavy (non-hydrogen) atoms. The summed E-state index contributed by atoms with van der Waals surface area (Å²) in [5, 5.41) is 9.37. The Morgan fingerprint density at radius 3 is 2.79 bits per heavy atom. The number of likely N-dealkylation sites (tertiary alicyclic amines) is 1. The molecule has 1 fully saturated rings. The molecule has 1 aromatic carbocycles. The van der Waals surface area contributed by atoms with E-state index in [4.69, 9.17) is 4.74 Å². The van der Waals surface area contributed by atoms with Crippen molar-refractivity contribution in [3.8, 4) is 0 Å². The van der Waals surface area contributed by atoms with Crippen molar-refractivity contribution in [2.45, 2.75) is 31.7 Å². The summed E-state index contributed by atoms with van der Waals surface area (Å²) in [5.74, 6) is 0. The Bertz CT molecular complexity index is 438. The highest BCUT2D eigenvalue weighted by Gasteiger charge is 2.44. The van der Waals surface area contributed by atoms with Gasteiger partial charge in [0.2, 0.25) is 0 Å². The first-order valence-electron chi connectivity index (χ1n) is 6.34. The second-order valence-electron chi connectivity index (χ2n) is 4.92. The van der Waals surface area contributed by atoms with Gasteiger partial charge in [-0.25, -0.2) is 9.18 Å². The standard InChI is InChI=1S/C14H18FNO3/c1-11(17)14(15)7-8-16(10-14)13(18)19-9-12-5-3-2-4-6-12/h2-6,11,17H,7-10H2,1H3. The summed E-state index contributed by atoms with van der Waals surface area (Å²) in [4.78, 5) is 13.1. The summed E-state index contributed by atoms with van der Waals surface area (Å²) in [5.41, 5.74) is -0.830. The average Bonchev–Trinajstić information content (AvgIpc) is 2.81. The number of amides is 1. The van der Waals surface area contributed by atoms with Crippen LogP contribution in [-0.4, -0.2) is 41.0 Å². The zero-order valence-corrected chi connectivity index (χ0v) is 10.9. The molecule has 0 spiro atoms. The van der Waals surface area contributed by atoms with E-state index in [0.29, 0.717) is 0 Å². The summed E-state index contributed by atoms with van der Waals surface area (Å²) in [6.07, 6.45) is -1.48. The Kier molecular flexibility index (Phi) is 4.04. The van der Waals surface area contributed by atoms with Crippen LogP contribution in [0.5, 0.6) is 0 Å². The van der Waals surface area contributed by atoms with Crippen LogP contribution in [-0.2, 0) is 11.3 Å². The van der Waals surface area contributed by atoms with Gasteiger partial charge >= 0.3 is 6.09 Å². The van der Waals surface area contributed by atoms with Gasteiger partial charge in [0.15, 0.2) is 5.67 Å². The zero-order valence-electron chi connectivity index (χ0n) is 10.9.